The number of rotatable bonds is 4. The molecule has 7 rings (SSSR count). The molecule has 220 valence electrons. The number of furan rings is 1. The summed E-state index contributed by atoms with van der Waals surface area (Å²) in [5.41, 5.74) is 0.937. The Kier molecular flexibility index (Phi) is 8.11. The maximum Gasteiger partial charge on any atom is 0.335 e. The van der Waals surface area contributed by atoms with Crippen molar-refractivity contribution in [3.8, 4) is 11.5 Å². The van der Waals surface area contributed by atoms with E-state index in [0.29, 0.717) is 31.4 Å². The number of piperidine rings is 1. The second-order valence-corrected chi connectivity index (χ2v) is 11.0. The van der Waals surface area contributed by atoms with Crippen molar-refractivity contribution in [1.82, 2.24) is 20.4 Å². The van der Waals surface area contributed by atoms with Gasteiger partial charge in [0, 0.05) is 44.3 Å². The summed E-state index contributed by atoms with van der Waals surface area (Å²) in [4.78, 5) is 42.4. The topological polar surface area (TPSA) is 134 Å². The molecule has 4 bridgehead atoms. The minimum Gasteiger partial charge on any atom is -0.487 e. The molecule has 4 aliphatic rings. The minimum absolute atomic E-state index is 0.101. The lowest BCUT2D eigenvalue weighted by Gasteiger charge is -2.36. The van der Waals surface area contributed by atoms with Gasteiger partial charge < -0.3 is 29.6 Å². The first kappa shape index (κ1) is 27.8. The third-order valence-electron chi connectivity index (χ3n) is 8.13. The molecule has 0 saturated carbocycles. The molecular weight excluding hydrogens is 540 g/mol. The molecule has 11 nitrogen and oxygen atoms in total. The predicted octanol–water partition coefficient (Wildman–Crippen LogP) is 2.51. The van der Waals surface area contributed by atoms with E-state index in [1.54, 1.807) is 6.26 Å². The molecule has 0 unspecified atom stereocenters. The van der Waals surface area contributed by atoms with Crippen LogP contribution in [-0.2, 0) is 17.9 Å². The van der Waals surface area contributed by atoms with Crippen molar-refractivity contribution in [1.29, 1.82) is 0 Å². The highest BCUT2D eigenvalue weighted by Gasteiger charge is 2.39. The van der Waals surface area contributed by atoms with Crippen molar-refractivity contribution >= 4 is 17.8 Å². The molecule has 3 N–H and O–H groups in total. The Morgan fingerprint density at radius 2 is 1.81 bits per heavy atom. The summed E-state index contributed by atoms with van der Waals surface area (Å²) in [7, 11) is 0. The third-order valence-corrected chi connectivity index (χ3v) is 8.13. The number of nitrogens with zero attached hydrogens (tertiary/aromatic N) is 2. The second-order valence-electron chi connectivity index (χ2n) is 11.0. The number of aromatic carboxylic acids is 1. The number of likely N-dealkylation sites (tertiary alicyclic amines) is 2. The van der Waals surface area contributed by atoms with E-state index < -0.39 is 11.9 Å². The van der Waals surface area contributed by atoms with Crippen LogP contribution in [0, 0.1) is 0 Å². The van der Waals surface area contributed by atoms with E-state index >= 15 is 0 Å². The second kappa shape index (κ2) is 12.3. The number of amides is 2. The number of nitrogens with one attached hydrogen (secondary N) is 2. The monoisotopic (exact) mass is 574 g/mol. The fourth-order valence-electron chi connectivity index (χ4n) is 5.87. The molecular formula is C31H34N4O7. The first-order chi connectivity index (χ1) is 20.4. The highest BCUT2D eigenvalue weighted by atomic mass is 16.5. The molecule has 3 aromatic rings. The van der Waals surface area contributed by atoms with Crippen LogP contribution in [0.2, 0.25) is 0 Å². The van der Waals surface area contributed by atoms with Gasteiger partial charge in [-0.3, -0.25) is 19.4 Å². The van der Waals surface area contributed by atoms with E-state index in [2.05, 4.69) is 20.4 Å². The fourth-order valence-corrected chi connectivity index (χ4v) is 5.87. The SMILES string of the molecule is O=C1COc2cc(C(=O)O)cc(c2)C(=O)N[C@H]2CN(C3CCN(Cc4ccco4)CC3)C[C@@H]2Oc2ccc(cc2)CN1. The van der Waals surface area contributed by atoms with E-state index in [1.165, 1.54) is 18.2 Å². The zero-order valence-electron chi connectivity index (χ0n) is 23.2. The van der Waals surface area contributed by atoms with Crippen LogP contribution in [0.15, 0.2) is 65.3 Å². The number of carboxylic acid groups (broad SMARTS) is 1. The average molecular weight is 575 g/mol. The normalized spacial score (nSPS) is 22.4. The van der Waals surface area contributed by atoms with Gasteiger partial charge in [0.25, 0.3) is 11.8 Å². The molecule has 2 aromatic carbocycles. The zero-order chi connectivity index (χ0) is 29.1. The van der Waals surface area contributed by atoms with Crippen LogP contribution in [-0.4, -0.2) is 83.7 Å². The standard InChI is InChI=1S/C31H34N4O7/c36-29-19-41-26-13-21(12-22(14-26)31(38)39)30(37)33-27-17-35(18-28(27)42-24-5-3-20(4-6-24)15-32-29)23-7-9-34(10-8-23)16-25-2-1-11-40-25/h1-6,11-14,23,27-28H,7-10,15-19H2,(H,32,36)(H,33,37)(H,38,39)/t27-,28-/m0/s1. The Morgan fingerprint density at radius 1 is 1.00 bits per heavy atom. The van der Waals surface area contributed by atoms with Crippen LogP contribution in [0.5, 0.6) is 11.5 Å². The van der Waals surface area contributed by atoms with Crippen LogP contribution in [0.4, 0.5) is 0 Å². The molecule has 0 aliphatic carbocycles. The van der Waals surface area contributed by atoms with Crippen molar-refractivity contribution in [2.45, 2.75) is 44.1 Å². The maximum atomic E-state index is 13.5. The number of fused-ring (bicyclic) bond motifs is 7. The Balaban J connectivity index is 1.21. The largest absolute Gasteiger partial charge is 0.487 e. The molecule has 0 spiro atoms. The van der Waals surface area contributed by atoms with Gasteiger partial charge >= 0.3 is 5.97 Å². The Bertz CT molecular complexity index is 1420. The van der Waals surface area contributed by atoms with Crippen molar-refractivity contribution in [3.05, 3.63) is 83.3 Å². The summed E-state index contributed by atoms with van der Waals surface area (Å²) in [5, 5.41) is 15.5. The number of carboxylic acids is 1. The predicted molar refractivity (Wildman–Crippen MR) is 151 cm³/mol. The molecule has 11 heteroatoms. The summed E-state index contributed by atoms with van der Waals surface area (Å²) >= 11 is 0. The van der Waals surface area contributed by atoms with Crippen LogP contribution in [0.1, 0.15) is 44.9 Å². The molecule has 1 aromatic heterocycles. The molecule has 2 amide bonds. The van der Waals surface area contributed by atoms with E-state index in [4.69, 9.17) is 13.9 Å². The highest BCUT2D eigenvalue weighted by molar-refractivity contribution is 5.98. The summed E-state index contributed by atoms with van der Waals surface area (Å²) in [6.45, 7) is 3.95. The number of hydrogen-bond acceptors (Lipinski definition) is 8. The molecule has 5 heterocycles. The first-order valence-electron chi connectivity index (χ1n) is 14.2. The minimum atomic E-state index is -1.20. The van der Waals surface area contributed by atoms with Crippen molar-refractivity contribution in [2.75, 3.05) is 32.8 Å². The number of carbonyl (C=O) groups is 3. The summed E-state index contributed by atoms with van der Waals surface area (Å²) in [6, 6.07) is 15.5. The van der Waals surface area contributed by atoms with Gasteiger partial charge in [0.15, 0.2) is 6.61 Å². The van der Waals surface area contributed by atoms with E-state index in [1.807, 2.05) is 36.4 Å². The smallest absolute Gasteiger partial charge is 0.335 e. The van der Waals surface area contributed by atoms with Gasteiger partial charge in [-0.2, -0.15) is 0 Å². The van der Waals surface area contributed by atoms with Crippen molar-refractivity contribution in [2.24, 2.45) is 0 Å². The molecule has 2 saturated heterocycles. The Labute approximate surface area is 243 Å². The van der Waals surface area contributed by atoms with Gasteiger partial charge in [0.2, 0.25) is 0 Å². The van der Waals surface area contributed by atoms with Crippen molar-refractivity contribution < 1.29 is 33.4 Å². The lowest BCUT2D eigenvalue weighted by atomic mass is 10.0. The molecule has 42 heavy (non-hydrogen) atoms. The maximum absolute atomic E-state index is 13.5. The first-order valence-corrected chi connectivity index (χ1v) is 14.2. The quantitative estimate of drug-likeness (QED) is 0.430. The molecule has 2 atom stereocenters. The Hall–Kier alpha value is -4.35. The van der Waals surface area contributed by atoms with Gasteiger partial charge in [-0.05, 0) is 60.9 Å². The number of ether oxygens (including phenoxy) is 2. The van der Waals surface area contributed by atoms with Crippen LogP contribution in [0.25, 0.3) is 0 Å². The van der Waals surface area contributed by atoms with Gasteiger partial charge in [-0.25, -0.2) is 4.79 Å². The Morgan fingerprint density at radius 3 is 2.55 bits per heavy atom. The molecule has 0 radical (unpaired) electrons. The van der Waals surface area contributed by atoms with Crippen LogP contribution < -0.4 is 20.1 Å². The number of hydrogen-bond donors (Lipinski definition) is 3. The van der Waals surface area contributed by atoms with Gasteiger partial charge in [-0.1, -0.05) is 12.1 Å². The number of benzene rings is 2. The van der Waals surface area contributed by atoms with Crippen LogP contribution in [0.3, 0.4) is 0 Å². The van der Waals surface area contributed by atoms with Gasteiger partial charge in [0.05, 0.1) is 24.4 Å². The van der Waals surface area contributed by atoms with E-state index in [0.717, 1.165) is 43.8 Å². The van der Waals surface area contributed by atoms with Gasteiger partial charge in [0.1, 0.15) is 23.4 Å². The molecule has 2 fully saturated rings. The lowest BCUT2D eigenvalue weighted by molar-refractivity contribution is -0.123. The molecule has 4 aliphatic heterocycles. The fraction of sp³-hybridized carbons (Fsp3) is 0.387. The summed E-state index contributed by atoms with van der Waals surface area (Å²) in [5.74, 6) is -0.227. The third kappa shape index (κ3) is 6.58. The number of carbonyl (C=O) groups excluding carboxylic acids is 2. The summed E-state index contributed by atoms with van der Waals surface area (Å²) < 4.78 is 17.5. The zero-order valence-corrected chi connectivity index (χ0v) is 23.2. The average Bonchev–Trinajstić information content (AvgIpc) is 3.65. The van der Waals surface area contributed by atoms with Crippen LogP contribution >= 0.6 is 0 Å². The summed E-state index contributed by atoms with van der Waals surface area (Å²) in [6.07, 6.45) is 3.38. The lowest BCUT2D eigenvalue weighted by Crippen LogP contribution is -2.46. The highest BCUT2D eigenvalue weighted by Crippen LogP contribution is 2.27. The van der Waals surface area contributed by atoms with Crippen molar-refractivity contribution in [3.63, 3.8) is 0 Å². The van der Waals surface area contributed by atoms with E-state index in [-0.39, 0.29) is 41.5 Å². The van der Waals surface area contributed by atoms with Gasteiger partial charge in [-0.15, -0.1) is 0 Å². The van der Waals surface area contributed by atoms with E-state index in [9.17, 15) is 19.5 Å².